The minimum atomic E-state index is -0.317. The normalized spacial score (nSPS) is 11.0. The standard InChI is InChI=1S/C12H18N6OS/c1-4-7(5-2)11-16-17-12(20-11)15-10(19)8-6-14-18(3)9(8)13/h6-7H,4-5,13H2,1-3H3,(H,15,17,19). The predicted molar refractivity (Wildman–Crippen MR) is 78.8 cm³/mol. The highest BCUT2D eigenvalue weighted by Gasteiger charge is 2.17. The summed E-state index contributed by atoms with van der Waals surface area (Å²) in [6.45, 7) is 4.23. The van der Waals surface area contributed by atoms with E-state index in [0.29, 0.717) is 22.4 Å². The van der Waals surface area contributed by atoms with Gasteiger partial charge in [-0.05, 0) is 12.8 Å². The Hall–Kier alpha value is -1.96. The minimum absolute atomic E-state index is 0.317. The van der Waals surface area contributed by atoms with Crippen LogP contribution in [0, 0.1) is 0 Å². The monoisotopic (exact) mass is 294 g/mol. The number of nitrogens with two attached hydrogens (primary N) is 1. The minimum Gasteiger partial charge on any atom is -0.383 e. The maximum atomic E-state index is 12.1. The van der Waals surface area contributed by atoms with Gasteiger partial charge in [0, 0.05) is 13.0 Å². The maximum Gasteiger partial charge on any atom is 0.262 e. The van der Waals surface area contributed by atoms with Crippen LogP contribution in [0.4, 0.5) is 10.9 Å². The number of amides is 1. The van der Waals surface area contributed by atoms with Crippen LogP contribution in [0.25, 0.3) is 0 Å². The summed E-state index contributed by atoms with van der Waals surface area (Å²) in [5.74, 6) is 0.400. The number of nitrogens with one attached hydrogen (secondary N) is 1. The molecule has 0 saturated carbocycles. The molecule has 3 N–H and O–H groups in total. The van der Waals surface area contributed by atoms with Crippen molar-refractivity contribution in [2.45, 2.75) is 32.6 Å². The molecule has 0 aliphatic carbocycles. The van der Waals surface area contributed by atoms with Gasteiger partial charge in [-0.25, -0.2) is 0 Å². The Morgan fingerprint density at radius 3 is 2.70 bits per heavy atom. The summed E-state index contributed by atoms with van der Waals surface area (Å²) >= 11 is 1.40. The lowest BCUT2D eigenvalue weighted by molar-refractivity contribution is 0.102. The van der Waals surface area contributed by atoms with Crippen molar-refractivity contribution in [3.63, 3.8) is 0 Å². The number of hydrogen-bond acceptors (Lipinski definition) is 6. The first-order valence-electron chi connectivity index (χ1n) is 6.49. The summed E-state index contributed by atoms with van der Waals surface area (Å²) < 4.78 is 1.45. The zero-order valence-electron chi connectivity index (χ0n) is 11.8. The molecule has 0 unspecified atom stereocenters. The highest BCUT2D eigenvalue weighted by molar-refractivity contribution is 7.15. The topological polar surface area (TPSA) is 98.7 Å². The van der Waals surface area contributed by atoms with Crippen molar-refractivity contribution < 1.29 is 4.79 Å². The van der Waals surface area contributed by atoms with Crippen LogP contribution < -0.4 is 11.1 Å². The van der Waals surface area contributed by atoms with Gasteiger partial charge in [-0.15, -0.1) is 10.2 Å². The van der Waals surface area contributed by atoms with Gasteiger partial charge in [0.05, 0.1) is 6.20 Å². The third kappa shape index (κ3) is 2.79. The highest BCUT2D eigenvalue weighted by atomic mass is 32.1. The molecular formula is C12H18N6OS. The van der Waals surface area contributed by atoms with E-state index in [0.717, 1.165) is 17.8 Å². The summed E-state index contributed by atoms with van der Waals surface area (Å²) in [5.41, 5.74) is 6.10. The van der Waals surface area contributed by atoms with Gasteiger partial charge in [0.2, 0.25) is 5.13 Å². The third-order valence-corrected chi connectivity index (χ3v) is 4.23. The lowest BCUT2D eigenvalue weighted by Gasteiger charge is -2.05. The largest absolute Gasteiger partial charge is 0.383 e. The number of carbonyl (C=O) groups excluding carboxylic acids is 1. The summed E-state index contributed by atoms with van der Waals surface area (Å²) in [6, 6.07) is 0. The Morgan fingerprint density at radius 2 is 2.15 bits per heavy atom. The zero-order chi connectivity index (χ0) is 14.7. The molecule has 108 valence electrons. The molecule has 7 nitrogen and oxygen atoms in total. The average molecular weight is 294 g/mol. The number of hydrogen-bond donors (Lipinski definition) is 2. The predicted octanol–water partition coefficient (Wildman–Crippen LogP) is 2.01. The van der Waals surface area contributed by atoms with Crippen LogP contribution in [0.1, 0.15) is 48.0 Å². The van der Waals surface area contributed by atoms with Crippen molar-refractivity contribution in [3.8, 4) is 0 Å². The second-order valence-electron chi connectivity index (χ2n) is 4.48. The number of nitrogen functional groups attached to an aromatic ring is 1. The average Bonchev–Trinajstić information content (AvgIpc) is 3.00. The summed E-state index contributed by atoms with van der Waals surface area (Å²) in [6.07, 6.45) is 3.46. The number of rotatable bonds is 5. The number of nitrogens with zero attached hydrogens (tertiary/aromatic N) is 4. The van der Waals surface area contributed by atoms with Gasteiger partial charge in [0.25, 0.3) is 5.91 Å². The molecule has 20 heavy (non-hydrogen) atoms. The molecular weight excluding hydrogens is 276 g/mol. The van der Waals surface area contributed by atoms with E-state index in [2.05, 4.69) is 34.5 Å². The highest BCUT2D eigenvalue weighted by Crippen LogP contribution is 2.28. The molecule has 0 aromatic carbocycles. The number of aryl methyl sites for hydroxylation is 1. The fourth-order valence-corrected chi connectivity index (χ4v) is 2.88. The van der Waals surface area contributed by atoms with Crippen LogP contribution in [0.2, 0.25) is 0 Å². The number of carbonyl (C=O) groups is 1. The van der Waals surface area contributed by atoms with E-state index in [9.17, 15) is 4.79 Å². The Morgan fingerprint density at radius 1 is 1.45 bits per heavy atom. The Bertz CT molecular complexity index is 601. The molecule has 0 atom stereocenters. The molecule has 0 radical (unpaired) electrons. The van der Waals surface area contributed by atoms with E-state index >= 15 is 0 Å². The van der Waals surface area contributed by atoms with Crippen LogP contribution in [-0.4, -0.2) is 25.9 Å². The van der Waals surface area contributed by atoms with Crippen molar-refractivity contribution in [1.82, 2.24) is 20.0 Å². The van der Waals surface area contributed by atoms with E-state index < -0.39 is 0 Å². The number of anilines is 2. The number of aromatic nitrogens is 4. The molecule has 8 heteroatoms. The molecule has 1 amide bonds. The first-order chi connectivity index (χ1) is 9.56. The Labute approximate surface area is 121 Å². The van der Waals surface area contributed by atoms with Gasteiger partial charge in [0.15, 0.2) is 0 Å². The van der Waals surface area contributed by atoms with E-state index in [1.807, 2.05) is 0 Å². The van der Waals surface area contributed by atoms with Crippen molar-refractivity contribution in [2.75, 3.05) is 11.1 Å². The molecule has 0 aliphatic heterocycles. The van der Waals surface area contributed by atoms with Crippen molar-refractivity contribution >= 4 is 28.2 Å². The van der Waals surface area contributed by atoms with Gasteiger partial charge in [-0.3, -0.25) is 14.8 Å². The van der Waals surface area contributed by atoms with Crippen LogP contribution in [0.3, 0.4) is 0 Å². The molecule has 0 fully saturated rings. The Kier molecular flexibility index (Phi) is 4.33. The van der Waals surface area contributed by atoms with Crippen LogP contribution >= 0.6 is 11.3 Å². The molecule has 2 aromatic heterocycles. The molecule has 0 bridgehead atoms. The fraction of sp³-hybridized carbons (Fsp3) is 0.500. The lowest BCUT2D eigenvalue weighted by atomic mass is 10.1. The molecule has 2 heterocycles. The van der Waals surface area contributed by atoms with E-state index in [1.54, 1.807) is 7.05 Å². The molecule has 0 aliphatic rings. The van der Waals surface area contributed by atoms with Gasteiger partial charge in [-0.2, -0.15) is 5.10 Å². The van der Waals surface area contributed by atoms with Crippen molar-refractivity contribution in [1.29, 1.82) is 0 Å². The first-order valence-corrected chi connectivity index (χ1v) is 7.30. The van der Waals surface area contributed by atoms with Gasteiger partial charge in [-0.1, -0.05) is 25.2 Å². The van der Waals surface area contributed by atoms with Crippen molar-refractivity contribution in [3.05, 3.63) is 16.8 Å². The van der Waals surface area contributed by atoms with E-state index in [4.69, 9.17) is 5.73 Å². The van der Waals surface area contributed by atoms with Gasteiger partial charge in [0.1, 0.15) is 16.4 Å². The van der Waals surface area contributed by atoms with E-state index in [1.165, 1.54) is 22.2 Å². The van der Waals surface area contributed by atoms with Crippen molar-refractivity contribution in [2.24, 2.45) is 7.05 Å². The first kappa shape index (κ1) is 14.4. The van der Waals surface area contributed by atoms with Crippen LogP contribution in [-0.2, 0) is 7.05 Å². The van der Waals surface area contributed by atoms with Gasteiger partial charge >= 0.3 is 0 Å². The van der Waals surface area contributed by atoms with Crippen LogP contribution in [0.15, 0.2) is 6.20 Å². The van der Waals surface area contributed by atoms with Crippen LogP contribution in [0.5, 0.6) is 0 Å². The smallest absolute Gasteiger partial charge is 0.262 e. The summed E-state index contributed by atoms with van der Waals surface area (Å²) in [5, 5.41) is 16.2. The fourth-order valence-electron chi connectivity index (χ4n) is 1.87. The zero-order valence-corrected chi connectivity index (χ0v) is 12.6. The summed E-state index contributed by atoms with van der Waals surface area (Å²) in [4.78, 5) is 12.1. The maximum absolute atomic E-state index is 12.1. The molecule has 0 saturated heterocycles. The summed E-state index contributed by atoms with van der Waals surface area (Å²) in [7, 11) is 1.68. The third-order valence-electron chi connectivity index (χ3n) is 3.23. The lowest BCUT2D eigenvalue weighted by Crippen LogP contribution is -2.13. The SMILES string of the molecule is CCC(CC)c1nnc(NC(=O)c2cnn(C)c2N)s1. The molecule has 2 aromatic rings. The van der Waals surface area contributed by atoms with E-state index in [-0.39, 0.29) is 5.91 Å². The Balaban J connectivity index is 2.11. The second kappa shape index (κ2) is 6.00. The van der Waals surface area contributed by atoms with Gasteiger partial charge < -0.3 is 5.73 Å². The molecule has 2 rings (SSSR count). The quantitative estimate of drug-likeness (QED) is 0.878. The molecule has 0 spiro atoms. The second-order valence-corrected chi connectivity index (χ2v) is 5.49.